The average Bonchev–Trinajstić information content (AvgIpc) is 2.75. The van der Waals surface area contributed by atoms with Crippen LogP contribution >= 0.6 is 11.6 Å². The molecule has 180 valence electrons. The van der Waals surface area contributed by atoms with E-state index in [4.69, 9.17) is 16.3 Å². The Labute approximate surface area is 200 Å². The van der Waals surface area contributed by atoms with Gasteiger partial charge in [-0.1, -0.05) is 11.6 Å². The second kappa shape index (κ2) is 10.3. The van der Waals surface area contributed by atoms with Gasteiger partial charge in [-0.2, -0.15) is 0 Å². The van der Waals surface area contributed by atoms with Crippen molar-refractivity contribution in [3.05, 3.63) is 28.8 Å². The van der Waals surface area contributed by atoms with Crippen LogP contribution in [0.15, 0.2) is 18.2 Å². The average molecular weight is 476 g/mol. The Morgan fingerprint density at radius 3 is 2.21 bits per heavy atom. The molecular weight excluding hydrogens is 442 g/mol. The number of halogens is 1. The first-order valence-electron chi connectivity index (χ1n) is 12.1. The Morgan fingerprint density at radius 2 is 1.61 bits per heavy atom. The van der Waals surface area contributed by atoms with Gasteiger partial charge in [0.25, 0.3) is 0 Å². The van der Waals surface area contributed by atoms with Crippen LogP contribution in [-0.4, -0.2) is 30.9 Å². The number of hydrazine groups is 1. The number of ether oxygens (including phenoxy) is 1. The van der Waals surface area contributed by atoms with E-state index < -0.39 is 0 Å². The molecule has 0 aromatic heterocycles. The van der Waals surface area contributed by atoms with Crippen LogP contribution in [0.3, 0.4) is 0 Å². The molecule has 8 heteroatoms. The molecule has 0 aliphatic heterocycles. The summed E-state index contributed by atoms with van der Waals surface area (Å²) in [7, 11) is 0. The van der Waals surface area contributed by atoms with Crippen molar-refractivity contribution in [2.75, 3.05) is 13.2 Å². The molecule has 1 aromatic carbocycles. The Kier molecular flexibility index (Phi) is 7.47. The third-order valence-corrected chi connectivity index (χ3v) is 7.68. The summed E-state index contributed by atoms with van der Waals surface area (Å²) in [6.07, 6.45) is 7.79. The summed E-state index contributed by atoms with van der Waals surface area (Å²) in [6, 6.07) is 5.39. The Morgan fingerprint density at radius 1 is 1.00 bits per heavy atom. The molecule has 7 nitrogen and oxygen atoms in total. The van der Waals surface area contributed by atoms with Crippen LogP contribution in [0.4, 0.5) is 0 Å². The third-order valence-electron chi connectivity index (χ3n) is 7.44. The van der Waals surface area contributed by atoms with Crippen LogP contribution < -0.4 is 20.9 Å². The quantitative estimate of drug-likeness (QED) is 0.375. The molecule has 3 N–H and O–H groups in total. The van der Waals surface area contributed by atoms with Crippen LogP contribution in [0.2, 0.25) is 5.02 Å². The molecule has 0 spiro atoms. The lowest BCUT2D eigenvalue weighted by atomic mass is 9.49. The van der Waals surface area contributed by atoms with E-state index in [0.29, 0.717) is 35.8 Å². The van der Waals surface area contributed by atoms with E-state index in [0.717, 1.165) is 30.6 Å². The van der Waals surface area contributed by atoms with Gasteiger partial charge in [0.05, 0.1) is 6.61 Å². The van der Waals surface area contributed by atoms with E-state index in [-0.39, 0.29) is 42.5 Å². The summed E-state index contributed by atoms with van der Waals surface area (Å²) in [5.41, 5.74) is 5.58. The van der Waals surface area contributed by atoms with Crippen LogP contribution in [0.1, 0.15) is 63.4 Å². The van der Waals surface area contributed by atoms with E-state index >= 15 is 0 Å². The molecule has 5 rings (SSSR count). The van der Waals surface area contributed by atoms with E-state index in [2.05, 4.69) is 16.2 Å². The first kappa shape index (κ1) is 23.9. The maximum absolute atomic E-state index is 12.9. The number of carbonyl (C=O) groups excluding carboxylic acids is 3. The van der Waals surface area contributed by atoms with Crippen molar-refractivity contribution >= 4 is 29.3 Å². The standard InChI is InChI=1S/C25H34ClN3O4/c1-16-9-20(26)4-5-21(16)33-8-2-3-22(30)28-29-23(31)6-7-27-24(32)25-13-17-10-18(14-25)12-19(11-17)15-25/h4-5,9,17-19H,2-3,6-8,10-15H2,1H3,(H,27,32)(H,28,30)(H,29,31). The second-order valence-corrected chi connectivity index (χ2v) is 10.6. The van der Waals surface area contributed by atoms with Gasteiger partial charge >= 0.3 is 0 Å². The first-order valence-corrected chi connectivity index (χ1v) is 12.5. The molecular formula is C25H34ClN3O4. The highest BCUT2D eigenvalue weighted by atomic mass is 35.5. The minimum Gasteiger partial charge on any atom is -0.493 e. The summed E-state index contributed by atoms with van der Waals surface area (Å²) < 4.78 is 5.66. The fraction of sp³-hybridized carbons (Fsp3) is 0.640. The smallest absolute Gasteiger partial charge is 0.240 e. The molecule has 4 aliphatic carbocycles. The third kappa shape index (κ3) is 5.99. The topological polar surface area (TPSA) is 96.5 Å². The summed E-state index contributed by atoms with van der Waals surface area (Å²) >= 11 is 5.93. The van der Waals surface area contributed by atoms with Gasteiger partial charge in [0.15, 0.2) is 0 Å². The van der Waals surface area contributed by atoms with Crippen molar-refractivity contribution in [3.63, 3.8) is 0 Å². The van der Waals surface area contributed by atoms with E-state index in [9.17, 15) is 14.4 Å². The number of nitrogens with one attached hydrogen (secondary N) is 3. The van der Waals surface area contributed by atoms with Crippen LogP contribution in [0, 0.1) is 30.1 Å². The molecule has 3 amide bonds. The molecule has 4 fully saturated rings. The minimum atomic E-state index is -0.317. The molecule has 33 heavy (non-hydrogen) atoms. The summed E-state index contributed by atoms with van der Waals surface area (Å²) in [4.78, 5) is 36.9. The van der Waals surface area contributed by atoms with Crippen molar-refractivity contribution in [2.45, 2.75) is 64.7 Å². The lowest BCUT2D eigenvalue weighted by Crippen LogP contribution is -2.54. The number of amides is 3. The van der Waals surface area contributed by atoms with E-state index in [1.807, 2.05) is 13.0 Å². The Balaban J connectivity index is 1.08. The monoisotopic (exact) mass is 475 g/mol. The zero-order chi connectivity index (χ0) is 23.4. The van der Waals surface area contributed by atoms with E-state index in [1.54, 1.807) is 12.1 Å². The fourth-order valence-electron chi connectivity index (χ4n) is 6.32. The molecule has 4 bridgehead atoms. The molecule has 4 saturated carbocycles. The van der Waals surface area contributed by atoms with Gasteiger partial charge in [-0.15, -0.1) is 0 Å². The summed E-state index contributed by atoms with van der Waals surface area (Å²) in [6.45, 7) is 2.59. The van der Waals surface area contributed by atoms with Crippen LogP contribution in [-0.2, 0) is 14.4 Å². The fourth-order valence-corrected chi connectivity index (χ4v) is 6.55. The van der Waals surface area contributed by atoms with Crippen LogP contribution in [0.25, 0.3) is 0 Å². The summed E-state index contributed by atoms with van der Waals surface area (Å²) in [5.74, 6) is 2.39. The Bertz CT molecular complexity index is 868. The number of hydrogen-bond donors (Lipinski definition) is 3. The number of benzene rings is 1. The molecule has 0 atom stereocenters. The van der Waals surface area contributed by atoms with E-state index in [1.165, 1.54) is 19.3 Å². The highest BCUT2D eigenvalue weighted by molar-refractivity contribution is 6.30. The second-order valence-electron chi connectivity index (χ2n) is 10.2. The van der Waals surface area contributed by atoms with Crippen molar-refractivity contribution in [1.82, 2.24) is 16.2 Å². The van der Waals surface area contributed by atoms with Crippen molar-refractivity contribution < 1.29 is 19.1 Å². The van der Waals surface area contributed by atoms with Gasteiger partial charge in [-0.3, -0.25) is 25.2 Å². The first-order chi connectivity index (χ1) is 15.8. The van der Waals surface area contributed by atoms with Crippen LogP contribution in [0.5, 0.6) is 5.75 Å². The van der Waals surface area contributed by atoms with Crippen molar-refractivity contribution in [3.8, 4) is 5.75 Å². The largest absolute Gasteiger partial charge is 0.493 e. The molecule has 0 heterocycles. The highest BCUT2D eigenvalue weighted by Gasteiger charge is 2.54. The van der Waals surface area contributed by atoms with Gasteiger partial charge < -0.3 is 10.1 Å². The maximum atomic E-state index is 12.9. The number of hydrogen-bond acceptors (Lipinski definition) is 4. The summed E-state index contributed by atoms with van der Waals surface area (Å²) in [5, 5.41) is 3.64. The highest BCUT2D eigenvalue weighted by Crippen LogP contribution is 2.60. The van der Waals surface area contributed by atoms with Crippen molar-refractivity contribution in [2.24, 2.45) is 23.2 Å². The molecule has 0 unspecified atom stereocenters. The van der Waals surface area contributed by atoms with Gasteiger partial charge in [0.1, 0.15) is 5.75 Å². The molecule has 1 aromatic rings. The molecule has 4 aliphatic rings. The number of aryl methyl sites for hydroxylation is 1. The van der Waals surface area contributed by atoms with Gasteiger partial charge in [-0.25, -0.2) is 0 Å². The number of carbonyl (C=O) groups is 3. The molecule has 0 radical (unpaired) electrons. The van der Waals surface area contributed by atoms with Gasteiger partial charge in [-0.05, 0) is 93.4 Å². The normalized spacial score (nSPS) is 27.2. The van der Waals surface area contributed by atoms with Crippen molar-refractivity contribution in [1.29, 1.82) is 0 Å². The predicted molar refractivity (Wildman–Crippen MR) is 125 cm³/mol. The maximum Gasteiger partial charge on any atom is 0.240 e. The zero-order valence-corrected chi connectivity index (χ0v) is 20.0. The Hall–Kier alpha value is -2.28. The SMILES string of the molecule is Cc1cc(Cl)ccc1OCCCC(=O)NNC(=O)CCNC(=O)C12CC3CC(CC(C3)C1)C2. The lowest BCUT2D eigenvalue weighted by molar-refractivity contribution is -0.146. The van der Waals surface area contributed by atoms with Gasteiger partial charge in [0.2, 0.25) is 17.7 Å². The minimum absolute atomic E-state index is 0.120. The lowest BCUT2D eigenvalue weighted by Gasteiger charge is -2.55. The zero-order valence-electron chi connectivity index (χ0n) is 19.3. The van der Waals surface area contributed by atoms with Gasteiger partial charge in [0, 0.05) is 29.8 Å². The predicted octanol–water partition coefficient (Wildman–Crippen LogP) is 3.68. The molecule has 0 saturated heterocycles. The number of rotatable bonds is 9.